The van der Waals surface area contributed by atoms with Gasteiger partial charge in [0.1, 0.15) is 4.33 Å². The number of alkyl halides is 2. The van der Waals surface area contributed by atoms with E-state index >= 15 is 0 Å². The summed E-state index contributed by atoms with van der Waals surface area (Å²) in [5, 5.41) is 10.2. The standard InChI is InChI=1S/C32H26Cl5N3O2/c1-17-3-5-19(6-4-17)16-38-23-8-10-27(18(2)11-23)40-30(41)25-15-24(7-9-26(25)35)39-31(42)29-28(32(29,36)37)20-12-21(33)14-22(34)13-20/h3-15,28-29,38H,16H2,1-2H3,(H,39,42)(H,40,41). The summed E-state index contributed by atoms with van der Waals surface area (Å²) in [5.41, 5.74) is 6.08. The number of carbonyl (C=O) groups excluding carboxylic acids is 2. The molecule has 1 saturated carbocycles. The van der Waals surface area contributed by atoms with Gasteiger partial charge in [-0.3, -0.25) is 9.59 Å². The molecule has 0 bridgehead atoms. The quantitative estimate of drug-likeness (QED) is 0.165. The van der Waals surface area contributed by atoms with Gasteiger partial charge in [-0.25, -0.2) is 0 Å². The molecule has 42 heavy (non-hydrogen) atoms. The molecule has 1 aliphatic carbocycles. The number of nitrogens with one attached hydrogen (secondary N) is 3. The Morgan fingerprint density at radius 1 is 0.786 bits per heavy atom. The van der Waals surface area contributed by atoms with Gasteiger partial charge in [0.15, 0.2) is 0 Å². The first-order valence-corrected chi connectivity index (χ1v) is 15.0. The Morgan fingerprint density at radius 2 is 1.45 bits per heavy atom. The third-order valence-corrected chi connectivity index (χ3v) is 8.86. The fourth-order valence-corrected chi connectivity index (χ4v) is 6.41. The minimum absolute atomic E-state index is 0.201. The number of aryl methyl sites for hydroxylation is 2. The van der Waals surface area contributed by atoms with Crippen molar-refractivity contribution >= 4 is 86.9 Å². The van der Waals surface area contributed by atoms with Gasteiger partial charge in [0.05, 0.1) is 16.5 Å². The summed E-state index contributed by atoms with van der Waals surface area (Å²) in [6.45, 7) is 4.65. The Bertz CT molecular complexity index is 1650. The molecule has 2 amide bonds. The summed E-state index contributed by atoms with van der Waals surface area (Å²) in [6, 6.07) is 23.7. The van der Waals surface area contributed by atoms with Gasteiger partial charge in [-0.2, -0.15) is 0 Å². The maximum absolute atomic E-state index is 13.2. The molecular weight excluding hydrogens is 636 g/mol. The molecule has 2 unspecified atom stereocenters. The van der Waals surface area contributed by atoms with E-state index in [-0.39, 0.29) is 10.6 Å². The second-order valence-corrected chi connectivity index (χ2v) is 13.1. The van der Waals surface area contributed by atoms with Gasteiger partial charge in [0.2, 0.25) is 5.91 Å². The van der Waals surface area contributed by atoms with Gasteiger partial charge >= 0.3 is 0 Å². The van der Waals surface area contributed by atoms with Crippen molar-refractivity contribution < 1.29 is 9.59 Å². The van der Waals surface area contributed by atoms with Crippen LogP contribution < -0.4 is 16.0 Å². The zero-order valence-electron chi connectivity index (χ0n) is 22.6. The summed E-state index contributed by atoms with van der Waals surface area (Å²) in [6.07, 6.45) is 0. The minimum atomic E-state index is -1.33. The van der Waals surface area contributed by atoms with Gasteiger partial charge in [-0.15, -0.1) is 23.2 Å². The van der Waals surface area contributed by atoms with Crippen LogP contribution in [0.1, 0.15) is 38.5 Å². The van der Waals surface area contributed by atoms with Crippen LogP contribution in [-0.2, 0) is 11.3 Å². The number of hydrogen-bond acceptors (Lipinski definition) is 3. The molecule has 0 aromatic heterocycles. The lowest BCUT2D eigenvalue weighted by Crippen LogP contribution is -2.18. The van der Waals surface area contributed by atoms with Crippen molar-refractivity contribution in [1.29, 1.82) is 0 Å². The van der Waals surface area contributed by atoms with Crippen LogP contribution in [0.2, 0.25) is 15.1 Å². The Hall–Kier alpha value is -2.93. The van der Waals surface area contributed by atoms with E-state index in [9.17, 15) is 9.59 Å². The van der Waals surface area contributed by atoms with E-state index in [1.54, 1.807) is 30.3 Å². The van der Waals surface area contributed by atoms with Gasteiger partial charge in [0.25, 0.3) is 5.91 Å². The number of anilines is 3. The number of hydrogen-bond donors (Lipinski definition) is 3. The van der Waals surface area contributed by atoms with Crippen molar-refractivity contribution in [2.24, 2.45) is 5.92 Å². The molecular formula is C32H26Cl5N3O2. The lowest BCUT2D eigenvalue weighted by molar-refractivity contribution is -0.117. The van der Waals surface area contributed by atoms with Gasteiger partial charge < -0.3 is 16.0 Å². The number of amides is 2. The maximum Gasteiger partial charge on any atom is 0.257 e. The highest BCUT2D eigenvalue weighted by molar-refractivity contribution is 6.53. The molecule has 1 fully saturated rings. The molecule has 5 nitrogen and oxygen atoms in total. The SMILES string of the molecule is Cc1ccc(CNc2ccc(NC(=O)c3cc(NC(=O)C4C(c5cc(Cl)cc(Cl)c5)C4(Cl)Cl)ccc3Cl)c(C)c2)cc1. The largest absolute Gasteiger partial charge is 0.381 e. The summed E-state index contributed by atoms with van der Waals surface area (Å²) in [4.78, 5) is 26.4. The molecule has 216 valence electrons. The predicted molar refractivity (Wildman–Crippen MR) is 175 cm³/mol. The molecule has 4 aromatic carbocycles. The molecule has 1 aliphatic rings. The summed E-state index contributed by atoms with van der Waals surface area (Å²) in [7, 11) is 0. The zero-order chi connectivity index (χ0) is 30.2. The van der Waals surface area contributed by atoms with Crippen LogP contribution in [-0.4, -0.2) is 16.1 Å². The van der Waals surface area contributed by atoms with Crippen LogP contribution in [0.5, 0.6) is 0 Å². The molecule has 10 heteroatoms. The fourth-order valence-electron chi connectivity index (χ4n) is 4.83. The minimum Gasteiger partial charge on any atom is -0.381 e. The Morgan fingerprint density at radius 3 is 2.12 bits per heavy atom. The third kappa shape index (κ3) is 6.82. The van der Waals surface area contributed by atoms with E-state index < -0.39 is 28.0 Å². The molecule has 4 aromatic rings. The Kier molecular flexibility index (Phi) is 8.98. The number of rotatable bonds is 8. The second kappa shape index (κ2) is 12.4. The van der Waals surface area contributed by atoms with Crippen LogP contribution >= 0.6 is 58.0 Å². The van der Waals surface area contributed by atoms with Gasteiger partial charge in [0, 0.05) is 39.6 Å². The van der Waals surface area contributed by atoms with E-state index in [4.69, 9.17) is 58.0 Å². The predicted octanol–water partition coefficient (Wildman–Crippen LogP) is 9.65. The lowest BCUT2D eigenvalue weighted by Gasteiger charge is -2.13. The van der Waals surface area contributed by atoms with Crippen molar-refractivity contribution in [3.63, 3.8) is 0 Å². The molecule has 5 rings (SSSR count). The summed E-state index contributed by atoms with van der Waals surface area (Å²) in [5.74, 6) is -2.06. The normalized spacial score (nSPS) is 16.9. The maximum atomic E-state index is 13.2. The van der Waals surface area contributed by atoms with E-state index in [1.807, 2.05) is 25.1 Å². The smallest absolute Gasteiger partial charge is 0.257 e. The highest BCUT2D eigenvalue weighted by Gasteiger charge is 2.67. The lowest BCUT2D eigenvalue weighted by atomic mass is 10.1. The number of halogens is 5. The van der Waals surface area contributed by atoms with Crippen LogP contribution in [0.4, 0.5) is 17.1 Å². The van der Waals surface area contributed by atoms with Crippen LogP contribution in [0.15, 0.2) is 78.9 Å². The summed E-state index contributed by atoms with van der Waals surface area (Å²) >= 11 is 31.6. The molecule has 3 N–H and O–H groups in total. The molecule has 2 atom stereocenters. The van der Waals surface area contributed by atoms with E-state index in [0.717, 1.165) is 11.3 Å². The third-order valence-electron chi connectivity index (χ3n) is 7.15. The molecule has 0 saturated heterocycles. The monoisotopic (exact) mass is 659 g/mol. The number of carbonyl (C=O) groups is 2. The van der Waals surface area contributed by atoms with Gasteiger partial charge in [-0.1, -0.05) is 64.6 Å². The van der Waals surface area contributed by atoms with Crippen molar-refractivity contribution in [1.82, 2.24) is 0 Å². The Labute approximate surface area is 269 Å². The zero-order valence-corrected chi connectivity index (χ0v) is 26.4. The molecule has 0 aliphatic heterocycles. The van der Waals surface area contributed by atoms with E-state index in [2.05, 4.69) is 47.1 Å². The van der Waals surface area contributed by atoms with Crippen LogP contribution in [0, 0.1) is 19.8 Å². The highest BCUT2D eigenvalue weighted by Crippen LogP contribution is 2.65. The first-order chi connectivity index (χ1) is 19.9. The van der Waals surface area contributed by atoms with Crippen molar-refractivity contribution in [2.45, 2.75) is 30.6 Å². The van der Waals surface area contributed by atoms with E-state index in [0.29, 0.717) is 33.5 Å². The molecule has 0 heterocycles. The Balaban J connectivity index is 1.25. The second-order valence-electron chi connectivity index (χ2n) is 10.3. The van der Waals surface area contributed by atoms with E-state index in [1.165, 1.54) is 17.2 Å². The van der Waals surface area contributed by atoms with Crippen LogP contribution in [0.3, 0.4) is 0 Å². The van der Waals surface area contributed by atoms with Crippen molar-refractivity contribution in [3.8, 4) is 0 Å². The average Bonchev–Trinajstić information content (AvgIpc) is 3.52. The summed E-state index contributed by atoms with van der Waals surface area (Å²) < 4.78 is -1.33. The van der Waals surface area contributed by atoms with Gasteiger partial charge in [-0.05, 0) is 85.1 Å². The molecule has 0 spiro atoms. The first-order valence-electron chi connectivity index (χ1n) is 13.1. The van der Waals surface area contributed by atoms with Crippen LogP contribution in [0.25, 0.3) is 0 Å². The number of benzene rings is 4. The fraction of sp³-hybridized carbons (Fsp3) is 0.188. The van der Waals surface area contributed by atoms with Crippen molar-refractivity contribution in [3.05, 3.63) is 122 Å². The average molecular weight is 662 g/mol. The van der Waals surface area contributed by atoms with Crippen molar-refractivity contribution in [2.75, 3.05) is 16.0 Å². The first kappa shape index (κ1) is 30.5. The topological polar surface area (TPSA) is 70.2 Å². The highest BCUT2D eigenvalue weighted by atomic mass is 35.5. The molecule has 0 radical (unpaired) electrons.